The summed E-state index contributed by atoms with van der Waals surface area (Å²) in [6, 6.07) is 5.61. The highest BCUT2D eigenvalue weighted by molar-refractivity contribution is 7.89. The molecule has 9 heteroatoms. The third kappa shape index (κ3) is 5.30. The van der Waals surface area contributed by atoms with Gasteiger partial charge in [0.2, 0.25) is 10.0 Å². The third-order valence-electron chi connectivity index (χ3n) is 4.93. The van der Waals surface area contributed by atoms with Crippen molar-refractivity contribution in [3.05, 3.63) is 29.8 Å². The first kappa shape index (κ1) is 20.8. The van der Waals surface area contributed by atoms with E-state index >= 15 is 0 Å². The lowest BCUT2D eigenvalue weighted by atomic mass is 10.2. The van der Waals surface area contributed by atoms with Gasteiger partial charge >= 0.3 is 5.97 Å². The summed E-state index contributed by atoms with van der Waals surface area (Å²) in [5.74, 6) is -1.07. The Morgan fingerprint density at radius 1 is 1.11 bits per heavy atom. The summed E-state index contributed by atoms with van der Waals surface area (Å²) in [5.41, 5.74) is 0.199. The van der Waals surface area contributed by atoms with Crippen LogP contribution in [0.15, 0.2) is 29.2 Å². The first-order chi connectivity index (χ1) is 13.5. The lowest BCUT2D eigenvalue weighted by Crippen LogP contribution is -2.35. The van der Waals surface area contributed by atoms with E-state index < -0.39 is 21.9 Å². The van der Waals surface area contributed by atoms with Crippen molar-refractivity contribution >= 4 is 21.9 Å². The molecule has 1 aromatic rings. The van der Waals surface area contributed by atoms with Crippen LogP contribution >= 0.6 is 0 Å². The molecule has 0 unspecified atom stereocenters. The molecule has 154 valence electrons. The number of carbonyl (C=O) groups excluding carboxylic acids is 2. The average molecular weight is 410 g/mol. The van der Waals surface area contributed by atoms with Crippen LogP contribution in [0.3, 0.4) is 0 Å². The summed E-state index contributed by atoms with van der Waals surface area (Å²) in [5, 5.41) is 2.67. The minimum Gasteiger partial charge on any atom is -0.452 e. The Labute approximate surface area is 165 Å². The van der Waals surface area contributed by atoms with Crippen LogP contribution in [0.5, 0.6) is 0 Å². The van der Waals surface area contributed by atoms with E-state index in [9.17, 15) is 18.0 Å². The smallest absolute Gasteiger partial charge is 0.338 e. The number of nitrogens with one attached hydrogen (secondary N) is 1. The van der Waals surface area contributed by atoms with Gasteiger partial charge in [0.15, 0.2) is 6.61 Å². The van der Waals surface area contributed by atoms with Crippen molar-refractivity contribution in [1.82, 2.24) is 9.62 Å². The van der Waals surface area contributed by atoms with Crippen LogP contribution in [0.25, 0.3) is 0 Å². The molecule has 1 aromatic carbocycles. The first-order valence-corrected chi connectivity index (χ1v) is 11.1. The second-order valence-corrected chi connectivity index (χ2v) is 8.94. The molecule has 1 N–H and O–H groups in total. The summed E-state index contributed by atoms with van der Waals surface area (Å²) in [4.78, 5) is 24.0. The molecule has 2 heterocycles. The summed E-state index contributed by atoms with van der Waals surface area (Å²) < 4.78 is 37.1. The van der Waals surface area contributed by atoms with Gasteiger partial charge in [-0.1, -0.05) is 6.42 Å². The number of piperidine rings is 1. The molecule has 2 fully saturated rings. The van der Waals surface area contributed by atoms with Gasteiger partial charge in [0.25, 0.3) is 5.91 Å². The first-order valence-electron chi connectivity index (χ1n) is 9.62. The van der Waals surface area contributed by atoms with Gasteiger partial charge in [0, 0.05) is 26.2 Å². The molecule has 0 aromatic heterocycles. The second-order valence-electron chi connectivity index (χ2n) is 7.00. The highest BCUT2D eigenvalue weighted by Crippen LogP contribution is 2.21. The summed E-state index contributed by atoms with van der Waals surface area (Å²) in [6.45, 7) is 1.76. The second kappa shape index (κ2) is 9.49. The van der Waals surface area contributed by atoms with Crippen molar-refractivity contribution in [1.29, 1.82) is 0 Å². The minimum atomic E-state index is -3.54. The molecular formula is C19H26N2O6S. The van der Waals surface area contributed by atoms with Gasteiger partial charge in [-0.05, 0) is 49.9 Å². The monoisotopic (exact) mass is 410 g/mol. The predicted molar refractivity (Wildman–Crippen MR) is 101 cm³/mol. The van der Waals surface area contributed by atoms with E-state index in [0.717, 1.165) is 32.1 Å². The number of ether oxygens (including phenoxy) is 2. The molecule has 2 aliphatic rings. The maximum atomic E-state index is 12.6. The number of rotatable bonds is 7. The fraction of sp³-hybridized carbons (Fsp3) is 0.579. The van der Waals surface area contributed by atoms with Gasteiger partial charge in [0.05, 0.1) is 16.6 Å². The van der Waals surface area contributed by atoms with E-state index in [1.54, 1.807) is 0 Å². The largest absolute Gasteiger partial charge is 0.452 e. The van der Waals surface area contributed by atoms with Crippen molar-refractivity contribution in [3.63, 3.8) is 0 Å². The fourth-order valence-corrected chi connectivity index (χ4v) is 4.83. The SMILES string of the molecule is O=C(COC(=O)c1ccc(S(=O)(=O)N2CCCCC2)cc1)NC[C@@H]1CCCO1. The molecule has 3 rings (SSSR count). The van der Waals surface area contributed by atoms with Crippen LogP contribution < -0.4 is 5.32 Å². The average Bonchev–Trinajstić information content (AvgIpc) is 3.25. The van der Waals surface area contributed by atoms with Gasteiger partial charge in [-0.25, -0.2) is 13.2 Å². The Balaban J connectivity index is 1.49. The number of sulfonamides is 1. The summed E-state index contributed by atoms with van der Waals surface area (Å²) in [7, 11) is -3.54. The van der Waals surface area contributed by atoms with Crippen LogP contribution in [0.2, 0.25) is 0 Å². The third-order valence-corrected chi connectivity index (χ3v) is 6.84. The number of benzene rings is 1. The van der Waals surface area contributed by atoms with Crippen LogP contribution in [0.4, 0.5) is 0 Å². The lowest BCUT2D eigenvalue weighted by Gasteiger charge is -2.25. The number of esters is 1. The fourth-order valence-electron chi connectivity index (χ4n) is 3.32. The maximum absolute atomic E-state index is 12.6. The van der Waals surface area contributed by atoms with Gasteiger partial charge in [-0.2, -0.15) is 4.31 Å². The molecular weight excluding hydrogens is 384 g/mol. The lowest BCUT2D eigenvalue weighted by molar-refractivity contribution is -0.124. The molecule has 1 atom stereocenters. The van der Waals surface area contributed by atoms with E-state index in [0.29, 0.717) is 26.2 Å². The van der Waals surface area contributed by atoms with Crippen molar-refractivity contribution in [2.24, 2.45) is 0 Å². The zero-order valence-corrected chi connectivity index (χ0v) is 16.6. The molecule has 0 bridgehead atoms. The van der Waals surface area contributed by atoms with Gasteiger partial charge in [0.1, 0.15) is 0 Å². The van der Waals surface area contributed by atoms with Crippen molar-refractivity contribution in [2.45, 2.75) is 43.1 Å². The molecule has 0 aliphatic carbocycles. The van der Waals surface area contributed by atoms with Crippen LogP contribution in [-0.2, 0) is 24.3 Å². The molecule has 0 spiro atoms. The van der Waals surface area contributed by atoms with Crippen molar-refractivity contribution < 1.29 is 27.5 Å². The number of hydrogen-bond donors (Lipinski definition) is 1. The van der Waals surface area contributed by atoms with Crippen LogP contribution in [0, 0.1) is 0 Å². The highest BCUT2D eigenvalue weighted by Gasteiger charge is 2.26. The normalized spacial score (nSPS) is 20.6. The van der Waals surface area contributed by atoms with Gasteiger partial charge in [-0.15, -0.1) is 0 Å². The van der Waals surface area contributed by atoms with Crippen LogP contribution in [0.1, 0.15) is 42.5 Å². The van der Waals surface area contributed by atoms with E-state index in [2.05, 4.69) is 5.32 Å². The molecule has 0 radical (unpaired) electrons. The highest BCUT2D eigenvalue weighted by atomic mass is 32.2. The summed E-state index contributed by atoms with van der Waals surface area (Å²) >= 11 is 0. The molecule has 2 aliphatic heterocycles. The Morgan fingerprint density at radius 3 is 2.46 bits per heavy atom. The summed E-state index contributed by atoms with van der Waals surface area (Å²) in [6.07, 6.45) is 4.68. The van der Waals surface area contributed by atoms with E-state index in [4.69, 9.17) is 9.47 Å². The van der Waals surface area contributed by atoms with Crippen LogP contribution in [-0.4, -0.2) is 63.6 Å². The Bertz CT molecular complexity index is 781. The van der Waals surface area contributed by atoms with E-state index in [1.165, 1.54) is 28.6 Å². The predicted octanol–water partition coefficient (Wildman–Crippen LogP) is 1.31. The van der Waals surface area contributed by atoms with Gasteiger partial charge < -0.3 is 14.8 Å². The topological polar surface area (TPSA) is 102 Å². The molecule has 1 amide bonds. The number of amides is 1. The Kier molecular flexibility index (Phi) is 7.03. The molecule has 8 nitrogen and oxygen atoms in total. The number of nitrogens with zero attached hydrogens (tertiary/aromatic N) is 1. The Hall–Kier alpha value is -1.97. The molecule has 0 saturated carbocycles. The zero-order chi connectivity index (χ0) is 20.0. The van der Waals surface area contributed by atoms with Crippen molar-refractivity contribution in [2.75, 3.05) is 32.8 Å². The Morgan fingerprint density at radius 2 is 1.82 bits per heavy atom. The number of hydrogen-bond acceptors (Lipinski definition) is 6. The maximum Gasteiger partial charge on any atom is 0.338 e. The molecule has 2 saturated heterocycles. The molecule has 28 heavy (non-hydrogen) atoms. The number of carbonyl (C=O) groups is 2. The van der Waals surface area contributed by atoms with Gasteiger partial charge in [-0.3, -0.25) is 4.79 Å². The van der Waals surface area contributed by atoms with E-state index in [1.807, 2.05) is 0 Å². The van der Waals surface area contributed by atoms with E-state index in [-0.39, 0.29) is 23.2 Å². The standard InChI is InChI=1S/C19H26N2O6S/c22-18(20-13-16-5-4-12-26-16)14-27-19(23)15-6-8-17(9-7-15)28(24,25)21-10-2-1-3-11-21/h6-9,16H,1-5,10-14H2,(H,20,22)/t16-/m0/s1. The quantitative estimate of drug-likeness (QED) is 0.680. The minimum absolute atomic E-state index is 0.0223. The van der Waals surface area contributed by atoms with Crippen molar-refractivity contribution in [3.8, 4) is 0 Å². The zero-order valence-electron chi connectivity index (χ0n) is 15.8.